The molecule has 0 saturated carbocycles. The zero-order chi connectivity index (χ0) is 12.8. The molecule has 1 amide bonds. The maximum atomic E-state index is 11.9. The lowest BCUT2D eigenvalue weighted by molar-refractivity contribution is -0.122. The van der Waals surface area contributed by atoms with Gasteiger partial charge in [0.15, 0.2) is 0 Å². The van der Waals surface area contributed by atoms with Gasteiger partial charge in [-0.3, -0.25) is 4.79 Å². The van der Waals surface area contributed by atoms with E-state index in [-0.39, 0.29) is 11.9 Å². The topological polar surface area (TPSA) is 41.1 Å². The number of carbonyl (C=O) groups excluding carboxylic acids is 1. The second kappa shape index (κ2) is 6.55. The summed E-state index contributed by atoms with van der Waals surface area (Å²) < 4.78 is 0. The standard InChI is InChI=1S/C15H22N2O/c1-12(14-5-3-2-4-6-14)17-15(18)8-7-13-9-10-16-11-13/h2-6,12-13,16H,7-11H2,1H3,(H,17,18)/t12-,13?/m1/s1. The Morgan fingerprint density at radius 2 is 2.22 bits per heavy atom. The zero-order valence-electron chi connectivity index (χ0n) is 11.0. The van der Waals surface area contributed by atoms with E-state index in [0.717, 1.165) is 25.1 Å². The normalized spacial score (nSPS) is 20.6. The van der Waals surface area contributed by atoms with Gasteiger partial charge < -0.3 is 10.6 Å². The summed E-state index contributed by atoms with van der Waals surface area (Å²) in [6, 6.07) is 10.2. The third kappa shape index (κ3) is 3.84. The highest BCUT2D eigenvalue weighted by Gasteiger charge is 2.16. The summed E-state index contributed by atoms with van der Waals surface area (Å²) in [5, 5.41) is 6.39. The Hall–Kier alpha value is -1.35. The van der Waals surface area contributed by atoms with Crippen LogP contribution in [0.2, 0.25) is 0 Å². The van der Waals surface area contributed by atoms with Gasteiger partial charge in [-0.05, 0) is 44.3 Å². The number of benzene rings is 1. The minimum atomic E-state index is 0.0976. The number of rotatable bonds is 5. The lowest BCUT2D eigenvalue weighted by atomic mass is 10.0. The molecule has 1 aliphatic rings. The number of hydrogen-bond donors (Lipinski definition) is 2. The van der Waals surface area contributed by atoms with E-state index in [0.29, 0.717) is 12.3 Å². The van der Waals surface area contributed by atoms with Gasteiger partial charge in [0, 0.05) is 6.42 Å². The fourth-order valence-electron chi connectivity index (χ4n) is 2.43. The molecular weight excluding hydrogens is 224 g/mol. The molecule has 2 N–H and O–H groups in total. The Labute approximate surface area is 109 Å². The Balaban J connectivity index is 1.73. The first-order valence-electron chi connectivity index (χ1n) is 6.80. The van der Waals surface area contributed by atoms with Crippen molar-refractivity contribution in [2.24, 2.45) is 5.92 Å². The predicted octanol–water partition coefficient (Wildman–Crippen LogP) is 2.25. The van der Waals surface area contributed by atoms with Crippen LogP contribution in [0.3, 0.4) is 0 Å². The molecule has 0 spiro atoms. The van der Waals surface area contributed by atoms with Crippen molar-refractivity contribution < 1.29 is 4.79 Å². The SMILES string of the molecule is C[C@@H](NC(=O)CCC1CCNC1)c1ccccc1. The molecule has 2 atom stereocenters. The smallest absolute Gasteiger partial charge is 0.220 e. The quantitative estimate of drug-likeness (QED) is 0.836. The van der Waals surface area contributed by atoms with Crippen LogP contribution in [0.15, 0.2) is 30.3 Å². The molecule has 1 aliphatic heterocycles. The van der Waals surface area contributed by atoms with Crippen molar-refractivity contribution in [2.45, 2.75) is 32.2 Å². The minimum Gasteiger partial charge on any atom is -0.350 e. The summed E-state index contributed by atoms with van der Waals surface area (Å²) in [7, 11) is 0. The second-order valence-corrected chi connectivity index (χ2v) is 5.10. The summed E-state index contributed by atoms with van der Waals surface area (Å²) in [6.07, 6.45) is 2.85. The maximum Gasteiger partial charge on any atom is 0.220 e. The summed E-state index contributed by atoms with van der Waals surface area (Å²) in [4.78, 5) is 11.9. The van der Waals surface area contributed by atoms with E-state index in [1.807, 2.05) is 37.3 Å². The van der Waals surface area contributed by atoms with E-state index in [4.69, 9.17) is 0 Å². The molecule has 1 aromatic rings. The molecule has 0 aromatic heterocycles. The Bertz CT molecular complexity index is 371. The molecule has 0 aliphatic carbocycles. The molecule has 1 heterocycles. The van der Waals surface area contributed by atoms with E-state index >= 15 is 0 Å². The van der Waals surface area contributed by atoms with Gasteiger partial charge in [-0.2, -0.15) is 0 Å². The van der Waals surface area contributed by atoms with Gasteiger partial charge in [0.1, 0.15) is 0 Å². The maximum absolute atomic E-state index is 11.9. The van der Waals surface area contributed by atoms with E-state index < -0.39 is 0 Å². The van der Waals surface area contributed by atoms with Crippen molar-refractivity contribution in [1.82, 2.24) is 10.6 Å². The molecule has 1 fully saturated rings. The van der Waals surface area contributed by atoms with Crippen molar-refractivity contribution in [3.63, 3.8) is 0 Å². The molecule has 1 aromatic carbocycles. The molecule has 1 unspecified atom stereocenters. The molecule has 2 rings (SSSR count). The molecule has 0 radical (unpaired) electrons. The average molecular weight is 246 g/mol. The summed E-state index contributed by atoms with van der Waals surface area (Å²) in [5.74, 6) is 0.848. The second-order valence-electron chi connectivity index (χ2n) is 5.10. The lowest BCUT2D eigenvalue weighted by Crippen LogP contribution is -2.27. The third-order valence-corrected chi connectivity index (χ3v) is 3.62. The van der Waals surface area contributed by atoms with E-state index in [1.165, 1.54) is 6.42 Å². The van der Waals surface area contributed by atoms with Crippen molar-refractivity contribution in [3.8, 4) is 0 Å². The van der Waals surface area contributed by atoms with E-state index in [1.54, 1.807) is 0 Å². The minimum absolute atomic E-state index is 0.0976. The number of hydrogen-bond acceptors (Lipinski definition) is 2. The molecule has 3 nitrogen and oxygen atoms in total. The van der Waals surface area contributed by atoms with E-state index in [2.05, 4.69) is 10.6 Å². The van der Waals surface area contributed by atoms with Crippen molar-refractivity contribution in [2.75, 3.05) is 13.1 Å². The molecular formula is C15H22N2O. The zero-order valence-corrected chi connectivity index (χ0v) is 11.0. The van der Waals surface area contributed by atoms with Gasteiger partial charge in [-0.25, -0.2) is 0 Å². The first-order chi connectivity index (χ1) is 8.75. The molecule has 98 valence electrons. The van der Waals surface area contributed by atoms with Gasteiger partial charge >= 0.3 is 0 Å². The summed E-state index contributed by atoms with van der Waals surface area (Å²) in [5.41, 5.74) is 1.16. The predicted molar refractivity (Wildman–Crippen MR) is 73.2 cm³/mol. The van der Waals surface area contributed by atoms with Gasteiger partial charge in [-0.15, -0.1) is 0 Å². The van der Waals surface area contributed by atoms with Gasteiger partial charge in [-0.1, -0.05) is 30.3 Å². The average Bonchev–Trinajstić information content (AvgIpc) is 2.90. The fraction of sp³-hybridized carbons (Fsp3) is 0.533. The van der Waals surface area contributed by atoms with Crippen molar-refractivity contribution >= 4 is 5.91 Å². The largest absolute Gasteiger partial charge is 0.350 e. The third-order valence-electron chi connectivity index (χ3n) is 3.62. The highest BCUT2D eigenvalue weighted by Crippen LogP contribution is 2.15. The van der Waals surface area contributed by atoms with Crippen LogP contribution in [0.25, 0.3) is 0 Å². The number of amides is 1. The van der Waals surface area contributed by atoms with Gasteiger partial charge in [0.25, 0.3) is 0 Å². The Kier molecular flexibility index (Phi) is 4.76. The summed E-state index contributed by atoms with van der Waals surface area (Å²) in [6.45, 7) is 4.21. The number of nitrogens with one attached hydrogen (secondary N) is 2. The fourth-order valence-corrected chi connectivity index (χ4v) is 2.43. The Morgan fingerprint density at radius 3 is 2.89 bits per heavy atom. The lowest BCUT2D eigenvalue weighted by Gasteiger charge is -2.15. The highest BCUT2D eigenvalue weighted by atomic mass is 16.1. The van der Waals surface area contributed by atoms with Crippen LogP contribution in [-0.4, -0.2) is 19.0 Å². The molecule has 1 saturated heterocycles. The van der Waals surface area contributed by atoms with Crippen molar-refractivity contribution in [1.29, 1.82) is 0 Å². The highest BCUT2D eigenvalue weighted by molar-refractivity contribution is 5.76. The van der Waals surface area contributed by atoms with Crippen LogP contribution >= 0.6 is 0 Å². The van der Waals surface area contributed by atoms with Crippen molar-refractivity contribution in [3.05, 3.63) is 35.9 Å². The van der Waals surface area contributed by atoms with Crippen LogP contribution in [0.4, 0.5) is 0 Å². The van der Waals surface area contributed by atoms with Gasteiger partial charge in [0.05, 0.1) is 6.04 Å². The monoisotopic (exact) mass is 246 g/mol. The number of carbonyl (C=O) groups is 1. The van der Waals surface area contributed by atoms with Crippen LogP contribution in [0.5, 0.6) is 0 Å². The van der Waals surface area contributed by atoms with E-state index in [9.17, 15) is 4.79 Å². The first-order valence-corrected chi connectivity index (χ1v) is 6.80. The molecule has 3 heteroatoms. The Morgan fingerprint density at radius 1 is 1.44 bits per heavy atom. The molecule has 18 heavy (non-hydrogen) atoms. The van der Waals surface area contributed by atoms with Crippen LogP contribution in [-0.2, 0) is 4.79 Å². The molecule has 0 bridgehead atoms. The van der Waals surface area contributed by atoms with Crippen LogP contribution < -0.4 is 10.6 Å². The first kappa shape index (κ1) is 13.1. The van der Waals surface area contributed by atoms with Crippen LogP contribution in [0, 0.1) is 5.92 Å². The van der Waals surface area contributed by atoms with Crippen LogP contribution in [0.1, 0.15) is 37.8 Å². The summed E-state index contributed by atoms with van der Waals surface area (Å²) >= 11 is 0. The van der Waals surface area contributed by atoms with Gasteiger partial charge in [0.2, 0.25) is 5.91 Å².